The van der Waals surface area contributed by atoms with Crippen LogP contribution in [0.25, 0.3) is 133 Å². The van der Waals surface area contributed by atoms with Crippen molar-refractivity contribution in [1.82, 2.24) is 14.1 Å². The van der Waals surface area contributed by atoms with Gasteiger partial charge in [-0.15, -0.1) is 0 Å². The van der Waals surface area contributed by atoms with Crippen LogP contribution in [0.5, 0.6) is 0 Å². The minimum absolute atomic E-state index is 0.553. The summed E-state index contributed by atoms with van der Waals surface area (Å²) in [6.07, 6.45) is 0. The average Bonchev–Trinajstić information content (AvgIpc) is 4.06. The zero-order chi connectivity index (χ0) is 50.5. The summed E-state index contributed by atoms with van der Waals surface area (Å²) in [6, 6.07) is 102. The summed E-state index contributed by atoms with van der Waals surface area (Å²) >= 11 is 0. The summed E-state index contributed by atoms with van der Waals surface area (Å²) in [4.78, 5) is 5.27. The Bertz CT molecular complexity index is 4510. The molecule has 0 saturated heterocycles. The summed E-state index contributed by atoms with van der Waals surface area (Å²) in [6.45, 7) is 0. The molecule has 0 spiro atoms. The van der Waals surface area contributed by atoms with E-state index < -0.39 is 0 Å². The van der Waals surface area contributed by atoms with Crippen molar-refractivity contribution in [3.8, 4) is 95.6 Å². The highest BCUT2D eigenvalue weighted by Crippen LogP contribution is 2.47. The fourth-order valence-corrected chi connectivity index (χ4v) is 11.6. The Morgan fingerprint density at radius 1 is 0.276 bits per heavy atom. The molecule has 0 atom stereocenters. The van der Waals surface area contributed by atoms with Crippen LogP contribution in [0.3, 0.4) is 0 Å². The third-order valence-electron chi connectivity index (χ3n) is 15.0. The van der Waals surface area contributed by atoms with Crippen LogP contribution in [0.4, 0.5) is 0 Å². The van der Waals surface area contributed by atoms with Gasteiger partial charge in [-0.05, 0) is 98.6 Å². The molecule has 14 rings (SSSR count). The molecule has 0 amide bonds. The van der Waals surface area contributed by atoms with Gasteiger partial charge < -0.3 is 9.13 Å². The van der Waals surface area contributed by atoms with E-state index in [1.54, 1.807) is 0 Å². The van der Waals surface area contributed by atoms with E-state index in [1.807, 2.05) is 36.4 Å². The van der Waals surface area contributed by atoms with Crippen molar-refractivity contribution in [3.63, 3.8) is 0 Å². The van der Waals surface area contributed by atoms with Crippen molar-refractivity contribution in [2.24, 2.45) is 0 Å². The Labute approximate surface area is 440 Å². The highest BCUT2D eigenvalue weighted by atomic mass is 15.1. The predicted octanol–water partition coefficient (Wildman–Crippen LogP) is 18.8. The van der Waals surface area contributed by atoms with Crippen molar-refractivity contribution < 1.29 is 0 Å². The van der Waals surface area contributed by atoms with E-state index in [4.69, 9.17) is 4.98 Å². The fourth-order valence-electron chi connectivity index (χ4n) is 11.6. The molecule has 0 N–H and O–H groups in total. The summed E-state index contributed by atoms with van der Waals surface area (Å²) < 4.78 is 4.83. The van der Waals surface area contributed by atoms with Crippen LogP contribution in [0.15, 0.2) is 279 Å². The quantitative estimate of drug-likeness (QED) is 0.145. The minimum atomic E-state index is 0.553. The van der Waals surface area contributed by atoms with Gasteiger partial charge in [-0.2, -0.15) is 5.26 Å². The lowest BCUT2D eigenvalue weighted by Crippen LogP contribution is -2.06. The van der Waals surface area contributed by atoms with Crippen molar-refractivity contribution in [2.75, 3.05) is 0 Å². The Morgan fingerprint density at radius 2 is 0.632 bits per heavy atom. The van der Waals surface area contributed by atoms with Crippen LogP contribution in [0, 0.1) is 11.3 Å². The van der Waals surface area contributed by atoms with Crippen molar-refractivity contribution in [2.45, 2.75) is 0 Å². The van der Waals surface area contributed by atoms with Crippen molar-refractivity contribution in [3.05, 3.63) is 285 Å². The summed E-state index contributed by atoms with van der Waals surface area (Å²) in [5, 5.41) is 16.2. The van der Waals surface area contributed by atoms with E-state index in [9.17, 15) is 5.26 Å². The van der Waals surface area contributed by atoms with Crippen LogP contribution >= 0.6 is 0 Å². The highest BCUT2D eigenvalue weighted by Gasteiger charge is 2.26. The van der Waals surface area contributed by atoms with E-state index in [0.29, 0.717) is 5.56 Å². The molecular formula is C72H46N4. The first-order valence-corrected chi connectivity index (χ1v) is 25.8. The lowest BCUT2D eigenvalue weighted by atomic mass is 9.92. The molecule has 4 heteroatoms. The number of nitriles is 1. The Kier molecular flexibility index (Phi) is 10.9. The molecule has 3 heterocycles. The molecule has 354 valence electrons. The van der Waals surface area contributed by atoms with Crippen LogP contribution in [-0.2, 0) is 0 Å². The highest BCUT2D eigenvalue weighted by molar-refractivity contribution is 6.19. The molecule has 76 heavy (non-hydrogen) atoms. The number of rotatable bonds is 9. The Morgan fingerprint density at radius 3 is 1.08 bits per heavy atom. The molecule has 0 unspecified atom stereocenters. The van der Waals surface area contributed by atoms with Gasteiger partial charge in [-0.3, -0.25) is 0 Å². The Hall–Kier alpha value is -10.3. The number of para-hydroxylation sites is 2. The van der Waals surface area contributed by atoms with E-state index in [0.717, 1.165) is 122 Å². The maximum Gasteiger partial charge on any atom is 0.0998 e. The summed E-state index contributed by atoms with van der Waals surface area (Å²) in [5.74, 6) is 0. The normalized spacial score (nSPS) is 11.4. The first-order chi connectivity index (χ1) is 37.7. The van der Waals surface area contributed by atoms with Gasteiger partial charge in [-0.1, -0.05) is 231 Å². The van der Waals surface area contributed by atoms with Gasteiger partial charge in [0.1, 0.15) is 0 Å². The van der Waals surface area contributed by atoms with E-state index >= 15 is 0 Å². The summed E-state index contributed by atoms with van der Waals surface area (Å²) in [7, 11) is 0. The van der Waals surface area contributed by atoms with E-state index in [1.165, 1.54) is 11.1 Å². The maximum absolute atomic E-state index is 11.6. The minimum Gasteiger partial charge on any atom is -0.307 e. The molecule has 4 nitrogen and oxygen atoms in total. The molecule has 3 aromatic heterocycles. The van der Waals surface area contributed by atoms with Crippen molar-refractivity contribution in [1.29, 1.82) is 5.26 Å². The molecule has 0 bridgehead atoms. The van der Waals surface area contributed by atoms with E-state index in [2.05, 4.69) is 258 Å². The lowest BCUT2D eigenvalue weighted by molar-refractivity contribution is 1.09. The molecule has 0 radical (unpaired) electrons. The smallest absolute Gasteiger partial charge is 0.0998 e. The monoisotopic (exact) mass is 966 g/mol. The summed E-state index contributed by atoms with van der Waals surface area (Å²) in [5.41, 5.74) is 21.2. The molecule has 0 aliphatic heterocycles. The number of fused-ring (bicyclic) bond motifs is 6. The standard InChI is InChI=1S/C72H46N4/c73-47-53-45-69(75-65-39-19-17-35-60(65)71-58(37-21-41-67(71)75)56-33-15-13-31-54(56)48-23-5-1-6-24-48)70(46-62(53)52-43-63(50-27-9-3-10-28-50)74-64(44-52)51-29-11-4-12-30-51)76-66-40-20-18-36-61(66)72-59(38-22-42-68(72)76)57-34-16-14-32-55(57)49-25-7-2-8-26-49/h1-46H. The second-order valence-electron chi connectivity index (χ2n) is 19.3. The Balaban J connectivity index is 1.11. The van der Waals surface area contributed by atoms with Crippen molar-refractivity contribution >= 4 is 43.6 Å². The molecule has 11 aromatic carbocycles. The molecule has 0 fully saturated rings. The van der Waals surface area contributed by atoms with Gasteiger partial charge in [0.2, 0.25) is 0 Å². The number of pyridine rings is 1. The third-order valence-corrected chi connectivity index (χ3v) is 15.0. The van der Waals surface area contributed by atoms with Crippen LogP contribution < -0.4 is 0 Å². The number of hydrogen-bond donors (Lipinski definition) is 0. The second kappa shape index (κ2) is 18.6. The van der Waals surface area contributed by atoms with Crippen LogP contribution in [0.1, 0.15) is 5.56 Å². The third kappa shape index (κ3) is 7.41. The number of nitrogens with zero attached hydrogens (tertiary/aromatic N) is 4. The number of hydrogen-bond acceptors (Lipinski definition) is 2. The maximum atomic E-state index is 11.6. The first-order valence-electron chi connectivity index (χ1n) is 25.8. The van der Waals surface area contributed by atoms with Gasteiger partial charge in [-0.25, -0.2) is 4.98 Å². The van der Waals surface area contributed by atoms with Crippen LogP contribution in [-0.4, -0.2) is 14.1 Å². The number of benzene rings is 11. The topological polar surface area (TPSA) is 46.5 Å². The molecule has 14 aromatic rings. The average molecular weight is 967 g/mol. The largest absolute Gasteiger partial charge is 0.307 e. The van der Waals surface area contributed by atoms with Gasteiger partial charge in [0.15, 0.2) is 0 Å². The van der Waals surface area contributed by atoms with Gasteiger partial charge in [0, 0.05) is 38.2 Å². The molecule has 0 aliphatic carbocycles. The predicted molar refractivity (Wildman–Crippen MR) is 316 cm³/mol. The zero-order valence-corrected chi connectivity index (χ0v) is 41.3. The lowest BCUT2D eigenvalue weighted by Gasteiger charge is -2.20. The molecular weight excluding hydrogens is 921 g/mol. The zero-order valence-electron chi connectivity index (χ0n) is 41.3. The fraction of sp³-hybridized carbons (Fsp3) is 0. The van der Waals surface area contributed by atoms with Gasteiger partial charge in [0.05, 0.1) is 56.5 Å². The molecule has 0 saturated carbocycles. The van der Waals surface area contributed by atoms with Gasteiger partial charge in [0.25, 0.3) is 0 Å². The first kappa shape index (κ1) is 44.4. The second-order valence-corrected chi connectivity index (χ2v) is 19.3. The van der Waals surface area contributed by atoms with E-state index in [-0.39, 0.29) is 0 Å². The van der Waals surface area contributed by atoms with Crippen LogP contribution in [0.2, 0.25) is 0 Å². The van der Waals surface area contributed by atoms with Gasteiger partial charge >= 0.3 is 0 Å². The molecule has 0 aliphatic rings. The SMILES string of the molecule is N#Cc1cc(-n2c3ccccc3c3c(-c4ccccc4-c4ccccc4)cccc32)c(-n2c3ccccc3c3c(-c4ccccc4-c4ccccc4)cccc32)cc1-c1cc(-c2ccccc2)nc(-c2ccccc2)c1. The number of aromatic nitrogens is 3.